The van der Waals surface area contributed by atoms with Crippen molar-refractivity contribution < 1.29 is 0 Å². The first-order valence-electron chi connectivity index (χ1n) is 6.78. The largest absolute Gasteiger partial charge is 0.316 e. The van der Waals surface area contributed by atoms with E-state index in [1.165, 1.54) is 35.5 Å². The SMILES string of the molecule is CNCc1ccc(-n2cnc3c2CCCC3)c(Br)c1. The van der Waals surface area contributed by atoms with Gasteiger partial charge in [-0.15, -0.1) is 0 Å². The standard InChI is InChI=1S/C15H18BrN3/c1-17-9-11-6-7-14(12(16)8-11)19-10-18-13-4-2-3-5-15(13)19/h6-8,10,17H,2-5,9H2,1H3. The predicted molar refractivity (Wildman–Crippen MR) is 80.7 cm³/mol. The molecule has 2 aromatic rings. The zero-order valence-electron chi connectivity index (χ0n) is 11.1. The summed E-state index contributed by atoms with van der Waals surface area (Å²) in [5, 5.41) is 3.18. The van der Waals surface area contributed by atoms with Gasteiger partial charge in [0.1, 0.15) is 0 Å². The van der Waals surface area contributed by atoms with Crippen LogP contribution in [0.1, 0.15) is 29.8 Å². The maximum Gasteiger partial charge on any atom is 0.0998 e. The third-order valence-corrected chi connectivity index (χ3v) is 4.32. The van der Waals surface area contributed by atoms with Crippen LogP contribution in [-0.2, 0) is 19.4 Å². The van der Waals surface area contributed by atoms with E-state index in [4.69, 9.17) is 0 Å². The van der Waals surface area contributed by atoms with Crippen LogP contribution in [0.25, 0.3) is 5.69 Å². The van der Waals surface area contributed by atoms with Crippen LogP contribution in [0.2, 0.25) is 0 Å². The van der Waals surface area contributed by atoms with Gasteiger partial charge in [-0.25, -0.2) is 4.98 Å². The van der Waals surface area contributed by atoms with E-state index in [1.807, 2.05) is 13.4 Å². The van der Waals surface area contributed by atoms with E-state index in [2.05, 4.69) is 49.0 Å². The van der Waals surface area contributed by atoms with E-state index in [0.717, 1.165) is 23.9 Å². The van der Waals surface area contributed by atoms with Crippen molar-refractivity contribution >= 4 is 15.9 Å². The molecule has 0 saturated heterocycles. The molecule has 3 rings (SSSR count). The molecular weight excluding hydrogens is 302 g/mol. The van der Waals surface area contributed by atoms with Gasteiger partial charge in [-0.3, -0.25) is 0 Å². The normalized spacial score (nSPS) is 14.4. The Bertz CT molecular complexity index is 589. The number of hydrogen-bond acceptors (Lipinski definition) is 2. The molecule has 3 nitrogen and oxygen atoms in total. The Morgan fingerprint density at radius 2 is 2.16 bits per heavy atom. The van der Waals surface area contributed by atoms with E-state index >= 15 is 0 Å². The van der Waals surface area contributed by atoms with Crippen molar-refractivity contribution in [3.63, 3.8) is 0 Å². The lowest BCUT2D eigenvalue weighted by Crippen LogP contribution is -2.08. The molecule has 0 fully saturated rings. The Labute approximate surface area is 122 Å². The Morgan fingerprint density at radius 1 is 1.32 bits per heavy atom. The van der Waals surface area contributed by atoms with Gasteiger partial charge in [0, 0.05) is 16.7 Å². The zero-order valence-corrected chi connectivity index (χ0v) is 12.7. The van der Waals surface area contributed by atoms with Gasteiger partial charge in [0.2, 0.25) is 0 Å². The van der Waals surface area contributed by atoms with Crippen LogP contribution in [0.4, 0.5) is 0 Å². The van der Waals surface area contributed by atoms with Gasteiger partial charge in [-0.1, -0.05) is 6.07 Å². The second kappa shape index (κ2) is 5.47. The number of nitrogens with one attached hydrogen (secondary N) is 1. The second-order valence-electron chi connectivity index (χ2n) is 5.03. The first kappa shape index (κ1) is 12.9. The van der Waals surface area contributed by atoms with Gasteiger partial charge in [-0.2, -0.15) is 0 Å². The molecule has 0 bridgehead atoms. The van der Waals surface area contributed by atoms with Crippen LogP contribution in [0.5, 0.6) is 0 Å². The minimum absolute atomic E-state index is 0.890. The van der Waals surface area contributed by atoms with E-state index in [9.17, 15) is 0 Å². The van der Waals surface area contributed by atoms with Crippen LogP contribution < -0.4 is 5.32 Å². The zero-order chi connectivity index (χ0) is 13.2. The molecule has 1 N–H and O–H groups in total. The van der Waals surface area contributed by atoms with E-state index in [1.54, 1.807) is 0 Å². The first-order valence-corrected chi connectivity index (χ1v) is 7.57. The Hall–Kier alpha value is -1.13. The average Bonchev–Trinajstić information content (AvgIpc) is 2.83. The Kier molecular flexibility index (Phi) is 3.71. The lowest BCUT2D eigenvalue weighted by Gasteiger charge is -2.15. The summed E-state index contributed by atoms with van der Waals surface area (Å²) in [5.74, 6) is 0. The lowest BCUT2D eigenvalue weighted by molar-refractivity contribution is 0.655. The van der Waals surface area contributed by atoms with E-state index < -0.39 is 0 Å². The first-order chi connectivity index (χ1) is 9.29. The van der Waals surface area contributed by atoms with E-state index in [0.29, 0.717) is 0 Å². The van der Waals surface area contributed by atoms with Gasteiger partial charge in [0.25, 0.3) is 0 Å². The number of rotatable bonds is 3. The van der Waals surface area contributed by atoms with Crippen LogP contribution >= 0.6 is 15.9 Å². The summed E-state index contributed by atoms with van der Waals surface area (Å²) in [6, 6.07) is 6.53. The second-order valence-corrected chi connectivity index (χ2v) is 5.89. The van der Waals surface area contributed by atoms with Crippen LogP contribution in [0.15, 0.2) is 29.0 Å². The van der Waals surface area contributed by atoms with Crippen molar-refractivity contribution in [3.8, 4) is 5.69 Å². The summed E-state index contributed by atoms with van der Waals surface area (Å²) in [6.45, 7) is 0.890. The summed E-state index contributed by atoms with van der Waals surface area (Å²) in [5.41, 5.74) is 5.13. The topological polar surface area (TPSA) is 29.9 Å². The lowest BCUT2D eigenvalue weighted by atomic mass is 10.0. The van der Waals surface area contributed by atoms with Crippen molar-refractivity contribution in [1.29, 1.82) is 0 Å². The number of fused-ring (bicyclic) bond motifs is 1. The van der Waals surface area contributed by atoms with Gasteiger partial charge >= 0.3 is 0 Å². The predicted octanol–water partition coefficient (Wildman–Crippen LogP) is 3.23. The summed E-state index contributed by atoms with van der Waals surface area (Å²) >= 11 is 3.69. The highest BCUT2D eigenvalue weighted by Crippen LogP contribution is 2.28. The van der Waals surface area contributed by atoms with Crippen LogP contribution in [0, 0.1) is 0 Å². The highest BCUT2D eigenvalue weighted by molar-refractivity contribution is 9.10. The number of halogens is 1. The molecule has 0 amide bonds. The summed E-state index contributed by atoms with van der Waals surface area (Å²) in [6.07, 6.45) is 6.77. The van der Waals surface area contributed by atoms with Crippen molar-refractivity contribution in [3.05, 3.63) is 46.0 Å². The summed E-state index contributed by atoms with van der Waals surface area (Å²) in [4.78, 5) is 4.56. The van der Waals surface area contributed by atoms with Crippen LogP contribution in [-0.4, -0.2) is 16.6 Å². The van der Waals surface area contributed by atoms with Gasteiger partial charge in [0.15, 0.2) is 0 Å². The van der Waals surface area contributed by atoms with Crippen molar-refractivity contribution in [2.75, 3.05) is 7.05 Å². The highest BCUT2D eigenvalue weighted by atomic mass is 79.9. The molecule has 0 spiro atoms. The molecule has 19 heavy (non-hydrogen) atoms. The number of imidazole rings is 1. The Morgan fingerprint density at radius 3 is 2.95 bits per heavy atom. The fraction of sp³-hybridized carbons (Fsp3) is 0.400. The molecule has 4 heteroatoms. The third kappa shape index (κ3) is 2.47. The smallest absolute Gasteiger partial charge is 0.0998 e. The van der Waals surface area contributed by atoms with Gasteiger partial charge in [-0.05, 0) is 66.4 Å². The molecule has 0 atom stereocenters. The van der Waals surface area contributed by atoms with Crippen molar-refractivity contribution in [2.24, 2.45) is 0 Å². The summed E-state index contributed by atoms with van der Waals surface area (Å²) < 4.78 is 3.37. The Balaban J connectivity index is 2.00. The number of hydrogen-bond donors (Lipinski definition) is 1. The molecule has 100 valence electrons. The minimum atomic E-state index is 0.890. The van der Waals surface area contributed by atoms with Crippen molar-refractivity contribution in [1.82, 2.24) is 14.9 Å². The highest BCUT2D eigenvalue weighted by Gasteiger charge is 2.17. The van der Waals surface area contributed by atoms with Crippen molar-refractivity contribution in [2.45, 2.75) is 32.2 Å². The van der Waals surface area contributed by atoms with Gasteiger partial charge in [0.05, 0.1) is 17.7 Å². The quantitative estimate of drug-likeness (QED) is 0.941. The number of benzene rings is 1. The van der Waals surface area contributed by atoms with Gasteiger partial charge < -0.3 is 9.88 Å². The molecule has 1 aliphatic carbocycles. The minimum Gasteiger partial charge on any atom is -0.316 e. The maximum atomic E-state index is 4.56. The number of nitrogens with zero attached hydrogens (tertiary/aromatic N) is 2. The monoisotopic (exact) mass is 319 g/mol. The molecule has 0 unspecified atom stereocenters. The molecule has 1 aromatic heterocycles. The average molecular weight is 320 g/mol. The molecule has 0 radical (unpaired) electrons. The van der Waals surface area contributed by atoms with Crippen LogP contribution in [0.3, 0.4) is 0 Å². The fourth-order valence-corrected chi connectivity index (χ4v) is 3.35. The third-order valence-electron chi connectivity index (χ3n) is 3.68. The van der Waals surface area contributed by atoms with E-state index in [-0.39, 0.29) is 0 Å². The fourth-order valence-electron chi connectivity index (χ4n) is 2.74. The molecule has 1 aliphatic rings. The molecular formula is C15H18BrN3. The molecule has 0 saturated carbocycles. The number of aromatic nitrogens is 2. The maximum absolute atomic E-state index is 4.56. The number of aryl methyl sites for hydroxylation is 1. The molecule has 1 aromatic carbocycles. The summed E-state index contributed by atoms with van der Waals surface area (Å²) in [7, 11) is 1.97. The molecule has 1 heterocycles. The molecule has 0 aliphatic heterocycles.